The standard InChI is InChI=1S/C11H13N3O/c1-7-3-4-8(2)9(5-7)14-11(15)6-10(12)13-14/h3-5H,6H2,1-2H3,(H2,12,13). The first-order valence-corrected chi connectivity index (χ1v) is 4.81. The fourth-order valence-corrected chi connectivity index (χ4v) is 1.59. The molecule has 78 valence electrons. The van der Waals surface area contributed by atoms with E-state index in [0.29, 0.717) is 5.84 Å². The molecule has 1 aromatic carbocycles. The maximum absolute atomic E-state index is 11.6. The Bertz CT molecular complexity index is 451. The minimum Gasteiger partial charge on any atom is -0.385 e. The molecule has 0 radical (unpaired) electrons. The smallest absolute Gasteiger partial charge is 0.255 e. The van der Waals surface area contributed by atoms with E-state index in [4.69, 9.17) is 5.73 Å². The number of amides is 1. The summed E-state index contributed by atoms with van der Waals surface area (Å²) in [4.78, 5) is 11.6. The van der Waals surface area contributed by atoms with Crippen LogP contribution in [0.4, 0.5) is 5.69 Å². The highest BCUT2D eigenvalue weighted by atomic mass is 16.2. The largest absolute Gasteiger partial charge is 0.385 e. The van der Waals surface area contributed by atoms with Crippen LogP contribution in [0.15, 0.2) is 23.3 Å². The summed E-state index contributed by atoms with van der Waals surface area (Å²) in [7, 11) is 0. The van der Waals surface area contributed by atoms with Crippen LogP contribution in [0.2, 0.25) is 0 Å². The van der Waals surface area contributed by atoms with Crippen LogP contribution in [0, 0.1) is 13.8 Å². The normalized spacial score (nSPS) is 15.7. The topological polar surface area (TPSA) is 58.7 Å². The van der Waals surface area contributed by atoms with Gasteiger partial charge in [0.05, 0.1) is 12.1 Å². The molecule has 0 aliphatic carbocycles. The number of hydrogen-bond donors (Lipinski definition) is 1. The minimum absolute atomic E-state index is 0.0683. The van der Waals surface area contributed by atoms with Gasteiger partial charge in [0.25, 0.3) is 5.91 Å². The number of hydrazone groups is 1. The van der Waals surface area contributed by atoms with E-state index >= 15 is 0 Å². The van der Waals surface area contributed by atoms with Crippen molar-refractivity contribution in [1.82, 2.24) is 0 Å². The van der Waals surface area contributed by atoms with Crippen LogP contribution in [0.5, 0.6) is 0 Å². The molecule has 1 amide bonds. The first-order valence-electron chi connectivity index (χ1n) is 4.81. The molecule has 0 spiro atoms. The van der Waals surface area contributed by atoms with Crippen molar-refractivity contribution in [3.05, 3.63) is 29.3 Å². The third-order valence-corrected chi connectivity index (χ3v) is 2.39. The quantitative estimate of drug-likeness (QED) is 0.748. The summed E-state index contributed by atoms with van der Waals surface area (Å²) in [5, 5.41) is 5.41. The number of aryl methyl sites for hydroxylation is 2. The highest BCUT2D eigenvalue weighted by Crippen LogP contribution is 2.24. The molecule has 0 saturated heterocycles. The number of rotatable bonds is 1. The minimum atomic E-state index is -0.0683. The Morgan fingerprint density at radius 2 is 2.13 bits per heavy atom. The molecule has 0 fully saturated rings. The lowest BCUT2D eigenvalue weighted by atomic mass is 10.1. The van der Waals surface area contributed by atoms with Crippen LogP contribution in [0.1, 0.15) is 17.5 Å². The monoisotopic (exact) mass is 203 g/mol. The average molecular weight is 203 g/mol. The highest BCUT2D eigenvalue weighted by molar-refractivity contribution is 6.11. The molecule has 0 bridgehead atoms. The van der Waals surface area contributed by atoms with E-state index in [1.165, 1.54) is 5.01 Å². The predicted molar refractivity (Wildman–Crippen MR) is 59.6 cm³/mol. The Labute approximate surface area is 88.4 Å². The predicted octanol–water partition coefficient (Wildman–Crippen LogP) is 1.31. The van der Waals surface area contributed by atoms with E-state index in [0.717, 1.165) is 16.8 Å². The Morgan fingerprint density at radius 1 is 1.40 bits per heavy atom. The summed E-state index contributed by atoms with van der Waals surface area (Å²) in [6, 6.07) is 5.92. The maximum atomic E-state index is 11.6. The van der Waals surface area contributed by atoms with Gasteiger partial charge in [0.2, 0.25) is 0 Å². The Balaban J connectivity index is 2.45. The zero-order valence-electron chi connectivity index (χ0n) is 8.82. The third kappa shape index (κ3) is 1.70. The van der Waals surface area contributed by atoms with Crippen molar-refractivity contribution in [1.29, 1.82) is 0 Å². The summed E-state index contributed by atoms with van der Waals surface area (Å²) < 4.78 is 0. The molecule has 0 atom stereocenters. The number of nitrogens with zero attached hydrogens (tertiary/aromatic N) is 2. The van der Waals surface area contributed by atoms with Gasteiger partial charge in [-0.15, -0.1) is 0 Å². The second-order valence-electron chi connectivity index (χ2n) is 3.76. The van der Waals surface area contributed by atoms with Crippen molar-refractivity contribution in [3.8, 4) is 0 Å². The molecule has 15 heavy (non-hydrogen) atoms. The van der Waals surface area contributed by atoms with Gasteiger partial charge in [-0.3, -0.25) is 4.79 Å². The number of carbonyl (C=O) groups is 1. The van der Waals surface area contributed by atoms with Crippen LogP contribution < -0.4 is 10.7 Å². The lowest BCUT2D eigenvalue weighted by molar-refractivity contribution is -0.116. The molecule has 1 aliphatic heterocycles. The molecule has 2 rings (SSSR count). The third-order valence-electron chi connectivity index (χ3n) is 2.39. The average Bonchev–Trinajstić information content (AvgIpc) is 2.50. The molecule has 2 N–H and O–H groups in total. The van der Waals surface area contributed by atoms with Gasteiger partial charge in [-0.05, 0) is 31.0 Å². The summed E-state index contributed by atoms with van der Waals surface area (Å²) in [6.45, 7) is 3.93. The second-order valence-corrected chi connectivity index (χ2v) is 3.76. The van der Waals surface area contributed by atoms with Crippen LogP contribution in [0.25, 0.3) is 0 Å². The molecular formula is C11H13N3O. The number of anilines is 1. The van der Waals surface area contributed by atoms with Crippen LogP contribution in [-0.2, 0) is 4.79 Å². The molecule has 1 aliphatic rings. The van der Waals surface area contributed by atoms with Gasteiger partial charge < -0.3 is 5.73 Å². The molecular weight excluding hydrogens is 190 g/mol. The van der Waals surface area contributed by atoms with Gasteiger partial charge in [-0.25, -0.2) is 0 Å². The van der Waals surface area contributed by atoms with Gasteiger partial charge in [-0.2, -0.15) is 10.1 Å². The summed E-state index contributed by atoms with van der Waals surface area (Å²) in [5.74, 6) is 0.308. The molecule has 4 heteroatoms. The van der Waals surface area contributed by atoms with Crippen molar-refractivity contribution in [2.75, 3.05) is 5.01 Å². The van der Waals surface area contributed by atoms with Crippen molar-refractivity contribution in [3.63, 3.8) is 0 Å². The first-order chi connectivity index (χ1) is 7.08. The van der Waals surface area contributed by atoms with Gasteiger partial charge in [0, 0.05) is 0 Å². The number of nitrogens with two attached hydrogens (primary N) is 1. The molecule has 1 aromatic rings. The van der Waals surface area contributed by atoms with E-state index < -0.39 is 0 Å². The van der Waals surface area contributed by atoms with Gasteiger partial charge in [0.15, 0.2) is 0 Å². The number of amidine groups is 1. The lowest BCUT2D eigenvalue weighted by Crippen LogP contribution is -2.20. The SMILES string of the molecule is Cc1ccc(C)c(N2N=C(N)CC2=O)c1. The van der Waals surface area contributed by atoms with Gasteiger partial charge >= 0.3 is 0 Å². The van der Waals surface area contributed by atoms with E-state index in [1.54, 1.807) is 0 Å². The zero-order valence-corrected chi connectivity index (χ0v) is 8.82. The molecule has 0 unspecified atom stereocenters. The van der Waals surface area contributed by atoms with E-state index in [1.807, 2.05) is 32.0 Å². The Kier molecular flexibility index (Phi) is 2.19. The van der Waals surface area contributed by atoms with Crippen molar-refractivity contribution < 1.29 is 4.79 Å². The maximum Gasteiger partial charge on any atom is 0.255 e. The fraction of sp³-hybridized carbons (Fsp3) is 0.273. The summed E-state index contributed by atoms with van der Waals surface area (Å²) in [5.41, 5.74) is 8.47. The van der Waals surface area contributed by atoms with Crippen LogP contribution >= 0.6 is 0 Å². The van der Waals surface area contributed by atoms with Crippen LogP contribution in [0.3, 0.4) is 0 Å². The second kappa shape index (κ2) is 3.38. The van der Waals surface area contributed by atoms with E-state index in [2.05, 4.69) is 5.10 Å². The van der Waals surface area contributed by atoms with Crippen molar-refractivity contribution in [2.24, 2.45) is 10.8 Å². The number of carbonyl (C=O) groups excluding carboxylic acids is 1. The Hall–Kier alpha value is -1.84. The van der Waals surface area contributed by atoms with Crippen LogP contribution in [-0.4, -0.2) is 11.7 Å². The zero-order chi connectivity index (χ0) is 11.0. The molecule has 0 saturated carbocycles. The number of hydrogen-bond acceptors (Lipinski definition) is 3. The summed E-state index contributed by atoms with van der Waals surface area (Å²) in [6.07, 6.45) is 0.216. The molecule has 4 nitrogen and oxygen atoms in total. The lowest BCUT2D eigenvalue weighted by Gasteiger charge is -2.14. The van der Waals surface area contributed by atoms with E-state index in [-0.39, 0.29) is 12.3 Å². The fourth-order valence-electron chi connectivity index (χ4n) is 1.59. The molecule has 1 heterocycles. The Morgan fingerprint density at radius 3 is 2.73 bits per heavy atom. The van der Waals surface area contributed by atoms with E-state index in [9.17, 15) is 4.79 Å². The van der Waals surface area contributed by atoms with Gasteiger partial charge in [0.1, 0.15) is 5.84 Å². The van der Waals surface area contributed by atoms with Crippen molar-refractivity contribution >= 4 is 17.4 Å². The van der Waals surface area contributed by atoms with Gasteiger partial charge in [-0.1, -0.05) is 12.1 Å². The van der Waals surface area contributed by atoms with Crippen molar-refractivity contribution in [2.45, 2.75) is 20.3 Å². The first kappa shape index (κ1) is 9.71. The summed E-state index contributed by atoms with van der Waals surface area (Å²) >= 11 is 0. The number of benzene rings is 1. The molecule has 0 aromatic heterocycles. The highest BCUT2D eigenvalue weighted by Gasteiger charge is 2.24.